The molecule has 1 rings (SSSR count). The Labute approximate surface area is 86.1 Å². The van der Waals surface area contributed by atoms with Gasteiger partial charge in [0.25, 0.3) is 0 Å². The van der Waals surface area contributed by atoms with Gasteiger partial charge in [-0.15, -0.1) is 0 Å². The highest BCUT2D eigenvalue weighted by molar-refractivity contribution is 5.58. The molecule has 0 aliphatic heterocycles. The molecule has 0 saturated carbocycles. The van der Waals surface area contributed by atoms with Crippen LogP contribution in [-0.4, -0.2) is 11.5 Å². The molecule has 2 heteroatoms. The van der Waals surface area contributed by atoms with E-state index in [2.05, 4.69) is 43.7 Å². The van der Waals surface area contributed by atoms with E-state index in [4.69, 9.17) is 0 Å². The van der Waals surface area contributed by atoms with Crippen LogP contribution in [-0.2, 0) is 0 Å². The Morgan fingerprint density at radius 2 is 2.29 bits per heavy atom. The van der Waals surface area contributed by atoms with Crippen LogP contribution >= 0.6 is 0 Å². The quantitative estimate of drug-likeness (QED) is 0.789. The molecule has 0 fully saturated rings. The molecular weight excluding hydrogens is 172 g/mol. The van der Waals surface area contributed by atoms with E-state index in [1.807, 2.05) is 12.3 Å². The van der Waals surface area contributed by atoms with Crippen LogP contribution in [0.25, 0.3) is 5.70 Å². The van der Waals surface area contributed by atoms with Crippen molar-refractivity contribution in [3.63, 3.8) is 0 Å². The molecule has 0 unspecified atom stereocenters. The second-order valence-electron chi connectivity index (χ2n) is 3.64. The first-order valence-electron chi connectivity index (χ1n) is 5.04. The fourth-order valence-electron chi connectivity index (χ4n) is 1.27. The Morgan fingerprint density at radius 1 is 1.57 bits per heavy atom. The molecule has 1 N–H and O–H groups in total. The molecule has 14 heavy (non-hydrogen) atoms. The normalized spacial score (nSPS) is 10.3. The smallest absolute Gasteiger partial charge is 0.0857 e. The molecule has 0 aliphatic carbocycles. The first kappa shape index (κ1) is 10.8. The predicted octanol–water partition coefficient (Wildman–Crippen LogP) is 2.79. The van der Waals surface area contributed by atoms with Gasteiger partial charge in [0.05, 0.1) is 11.4 Å². The van der Waals surface area contributed by atoms with Gasteiger partial charge in [0.2, 0.25) is 0 Å². The van der Waals surface area contributed by atoms with Crippen LogP contribution in [0.4, 0.5) is 0 Å². The van der Waals surface area contributed by atoms with Gasteiger partial charge in [-0.2, -0.15) is 0 Å². The zero-order chi connectivity index (χ0) is 10.6. The lowest BCUT2D eigenvalue weighted by Gasteiger charge is -2.09. The van der Waals surface area contributed by atoms with E-state index >= 15 is 0 Å². The second-order valence-corrected chi connectivity index (χ2v) is 3.64. The van der Waals surface area contributed by atoms with Crippen LogP contribution in [0.5, 0.6) is 0 Å². The Kier molecular flexibility index (Phi) is 3.69. The Morgan fingerprint density at radius 3 is 2.86 bits per heavy atom. The maximum absolute atomic E-state index is 4.28. The third-order valence-electron chi connectivity index (χ3n) is 2.15. The number of nitrogens with zero attached hydrogens (tertiary/aromatic N) is 1. The number of hydrogen-bond donors (Lipinski definition) is 1. The van der Waals surface area contributed by atoms with Gasteiger partial charge in [0.15, 0.2) is 0 Å². The monoisotopic (exact) mass is 190 g/mol. The highest BCUT2D eigenvalue weighted by Gasteiger charge is 2.03. The van der Waals surface area contributed by atoms with Gasteiger partial charge >= 0.3 is 0 Å². The lowest BCUT2D eigenvalue weighted by Crippen LogP contribution is -2.11. The zero-order valence-electron chi connectivity index (χ0n) is 9.17. The number of rotatable bonds is 4. The van der Waals surface area contributed by atoms with Crippen LogP contribution in [0.2, 0.25) is 0 Å². The van der Waals surface area contributed by atoms with Crippen molar-refractivity contribution < 1.29 is 0 Å². The molecule has 0 atom stereocenters. The van der Waals surface area contributed by atoms with E-state index in [0.717, 1.165) is 17.9 Å². The van der Waals surface area contributed by atoms with Crippen molar-refractivity contribution in [1.29, 1.82) is 0 Å². The minimum atomic E-state index is 0.533. The van der Waals surface area contributed by atoms with E-state index in [9.17, 15) is 0 Å². The average Bonchev–Trinajstić information content (AvgIpc) is 2.18. The van der Waals surface area contributed by atoms with Crippen molar-refractivity contribution >= 4 is 5.70 Å². The topological polar surface area (TPSA) is 24.9 Å². The first-order valence-corrected chi connectivity index (χ1v) is 5.04. The Bertz CT molecular complexity index is 316. The molecule has 76 valence electrons. The maximum Gasteiger partial charge on any atom is 0.0857 e. The lowest BCUT2D eigenvalue weighted by atomic mass is 10.0. The minimum absolute atomic E-state index is 0.533. The van der Waals surface area contributed by atoms with Crippen molar-refractivity contribution in [1.82, 2.24) is 10.3 Å². The van der Waals surface area contributed by atoms with Crippen molar-refractivity contribution in [3.8, 4) is 0 Å². The maximum atomic E-state index is 4.28. The molecule has 2 nitrogen and oxygen atoms in total. The molecular formula is C12H18N2. The molecule has 0 spiro atoms. The standard InChI is InChI=1S/C12H18N2/c1-5-13-10(4)12-8-11(9(2)3)6-7-14-12/h6-9,13H,4-5H2,1-3H3. The summed E-state index contributed by atoms with van der Waals surface area (Å²) in [4.78, 5) is 4.28. The van der Waals surface area contributed by atoms with Gasteiger partial charge < -0.3 is 5.32 Å². The van der Waals surface area contributed by atoms with Crippen molar-refractivity contribution in [2.45, 2.75) is 26.7 Å². The van der Waals surface area contributed by atoms with Gasteiger partial charge in [-0.1, -0.05) is 20.4 Å². The summed E-state index contributed by atoms with van der Waals surface area (Å²) in [5, 5.41) is 3.17. The van der Waals surface area contributed by atoms with Gasteiger partial charge in [0, 0.05) is 12.7 Å². The minimum Gasteiger partial charge on any atom is -0.384 e. The molecule has 1 heterocycles. The molecule has 0 amide bonds. The van der Waals surface area contributed by atoms with Crippen LogP contribution in [0.1, 0.15) is 37.9 Å². The third-order valence-corrected chi connectivity index (χ3v) is 2.15. The number of hydrogen-bond acceptors (Lipinski definition) is 2. The first-order chi connectivity index (χ1) is 6.65. The van der Waals surface area contributed by atoms with Crippen molar-refractivity contribution in [3.05, 3.63) is 36.2 Å². The summed E-state index contributed by atoms with van der Waals surface area (Å²) in [5.74, 6) is 0.533. The van der Waals surface area contributed by atoms with E-state index in [-0.39, 0.29) is 0 Å². The van der Waals surface area contributed by atoms with Gasteiger partial charge in [0.1, 0.15) is 0 Å². The molecule has 0 bridgehead atoms. The molecule has 0 radical (unpaired) electrons. The SMILES string of the molecule is C=C(NCC)c1cc(C(C)C)ccn1. The molecule has 0 aliphatic rings. The Hall–Kier alpha value is -1.31. The average molecular weight is 190 g/mol. The highest BCUT2D eigenvalue weighted by Crippen LogP contribution is 2.16. The molecule has 0 aromatic carbocycles. The van der Waals surface area contributed by atoms with Gasteiger partial charge in [-0.3, -0.25) is 4.98 Å². The third kappa shape index (κ3) is 2.59. The van der Waals surface area contributed by atoms with Crippen LogP contribution in [0, 0.1) is 0 Å². The summed E-state index contributed by atoms with van der Waals surface area (Å²) in [7, 11) is 0. The molecule has 0 saturated heterocycles. The van der Waals surface area contributed by atoms with E-state index in [1.165, 1.54) is 5.56 Å². The summed E-state index contributed by atoms with van der Waals surface area (Å²) in [6, 6.07) is 4.14. The van der Waals surface area contributed by atoms with Gasteiger partial charge in [-0.05, 0) is 30.5 Å². The summed E-state index contributed by atoms with van der Waals surface area (Å²) >= 11 is 0. The zero-order valence-corrected chi connectivity index (χ0v) is 9.17. The summed E-state index contributed by atoms with van der Waals surface area (Å²) in [5.41, 5.74) is 3.14. The Balaban J connectivity index is 2.88. The van der Waals surface area contributed by atoms with Crippen LogP contribution < -0.4 is 5.32 Å². The number of pyridine rings is 1. The predicted molar refractivity (Wildman–Crippen MR) is 61.0 cm³/mol. The fourth-order valence-corrected chi connectivity index (χ4v) is 1.27. The summed E-state index contributed by atoms with van der Waals surface area (Å²) < 4.78 is 0. The molecule has 1 aromatic rings. The van der Waals surface area contributed by atoms with E-state index < -0.39 is 0 Å². The largest absolute Gasteiger partial charge is 0.384 e. The lowest BCUT2D eigenvalue weighted by molar-refractivity contribution is 0.858. The van der Waals surface area contributed by atoms with Crippen LogP contribution in [0.15, 0.2) is 24.9 Å². The van der Waals surface area contributed by atoms with Crippen molar-refractivity contribution in [2.75, 3.05) is 6.54 Å². The van der Waals surface area contributed by atoms with E-state index in [1.54, 1.807) is 0 Å². The highest BCUT2D eigenvalue weighted by atomic mass is 14.9. The number of aromatic nitrogens is 1. The van der Waals surface area contributed by atoms with Gasteiger partial charge in [-0.25, -0.2) is 0 Å². The fraction of sp³-hybridized carbons (Fsp3) is 0.417. The van der Waals surface area contributed by atoms with Crippen LogP contribution in [0.3, 0.4) is 0 Å². The summed E-state index contributed by atoms with van der Waals surface area (Å²) in [6.07, 6.45) is 1.84. The van der Waals surface area contributed by atoms with Crippen molar-refractivity contribution in [2.24, 2.45) is 0 Å². The summed E-state index contributed by atoms with van der Waals surface area (Å²) in [6.45, 7) is 11.2. The molecule has 1 aromatic heterocycles. The van der Waals surface area contributed by atoms with E-state index in [0.29, 0.717) is 5.92 Å². The second kappa shape index (κ2) is 4.80. The number of nitrogens with one attached hydrogen (secondary N) is 1.